The zero-order valence-electron chi connectivity index (χ0n) is 20.2. The maximum atomic E-state index is 15.6. The fourth-order valence-corrected chi connectivity index (χ4v) is 5.15. The fourth-order valence-electron chi connectivity index (χ4n) is 5.15. The average molecular weight is 467 g/mol. The van der Waals surface area contributed by atoms with Gasteiger partial charge < -0.3 is 10.0 Å². The molecule has 4 rings (SSSR count). The second-order valence-electron chi connectivity index (χ2n) is 9.22. The van der Waals surface area contributed by atoms with E-state index in [0.717, 1.165) is 21.4 Å². The summed E-state index contributed by atoms with van der Waals surface area (Å²) in [6.45, 7) is 9.39. The SMILES string of the molecule is CCn1c(CO)nn(-c2cc3c(cc2F)N(C(C)=O)C(c2ccccc2C)CC3C(C)C)c1=O. The van der Waals surface area contributed by atoms with Gasteiger partial charge in [0, 0.05) is 19.5 Å². The first-order chi connectivity index (χ1) is 16.2. The molecule has 1 aliphatic heterocycles. The number of fused-ring (bicyclic) bond motifs is 1. The highest BCUT2D eigenvalue weighted by atomic mass is 19.1. The van der Waals surface area contributed by atoms with Gasteiger partial charge in [-0.05, 0) is 54.9 Å². The first-order valence-corrected chi connectivity index (χ1v) is 11.7. The number of benzene rings is 2. The molecule has 3 aromatic rings. The van der Waals surface area contributed by atoms with Crippen LogP contribution < -0.4 is 10.6 Å². The second-order valence-corrected chi connectivity index (χ2v) is 9.22. The van der Waals surface area contributed by atoms with Gasteiger partial charge in [0.25, 0.3) is 0 Å². The topological polar surface area (TPSA) is 80.4 Å². The van der Waals surface area contributed by atoms with E-state index >= 15 is 4.39 Å². The maximum Gasteiger partial charge on any atom is 0.350 e. The summed E-state index contributed by atoms with van der Waals surface area (Å²) in [6, 6.07) is 10.7. The van der Waals surface area contributed by atoms with Crippen molar-refractivity contribution in [3.05, 3.63) is 75.2 Å². The van der Waals surface area contributed by atoms with Gasteiger partial charge >= 0.3 is 5.69 Å². The van der Waals surface area contributed by atoms with Crippen molar-refractivity contribution in [3.63, 3.8) is 0 Å². The van der Waals surface area contributed by atoms with E-state index in [1.807, 2.05) is 31.2 Å². The molecule has 0 saturated carbocycles. The molecule has 8 heteroatoms. The highest BCUT2D eigenvalue weighted by Crippen LogP contribution is 2.49. The maximum absolute atomic E-state index is 15.6. The predicted molar refractivity (Wildman–Crippen MR) is 129 cm³/mol. The van der Waals surface area contributed by atoms with Crippen molar-refractivity contribution in [2.45, 2.75) is 66.2 Å². The van der Waals surface area contributed by atoms with Crippen LogP contribution in [0.4, 0.5) is 10.1 Å². The lowest BCUT2D eigenvalue weighted by atomic mass is 9.76. The van der Waals surface area contributed by atoms with Gasteiger partial charge in [-0.2, -0.15) is 4.68 Å². The first kappa shape index (κ1) is 23.9. The summed E-state index contributed by atoms with van der Waals surface area (Å²) >= 11 is 0. The van der Waals surface area contributed by atoms with Gasteiger partial charge in [-0.25, -0.2) is 9.18 Å². The highest BCUT2D eigenvalue weighted by molar-refractivity contribution is 5.94. The second kappa shape index (κ2) is 9.18. The molecule has 34 heavy (non-hydrogen) atoms. The van der Waals surface area contributed by atoms with E-state index in [1.54, 1.807) is 17.9 Å². The number of aliphatic hydroxyl groups excluding tert-OH is 1. The van der Waals surface area contributed by atoms with Crippen molar-refractivity contribution in [2.75, 3.05) is 4.90 Å². The number of carbonyl (C=O) groups excluding carboxylic acids is 1. The number of anilines is 1. The minimum atomic E-state index is -0.648. The smallest absolute Gasteiger partial charge is 0.350 e. The molecule has 180 valence electrons. The largest absolute Gasteiger partial charge is 0.388 e. The number of amides is 1. The van der Waals surface area contributed by atoms with E-state index in [2.05, 4.69) is 18.9 Å². The Morgan fingerprint density at radius 2 is 1.91 bits per heavy atom. The van der Waals surface area contributed by atoms with Crippen LogP contribution in [0.5, 0.6) is 0 Å². The van der Waals surface area contributed by atoms with Crippen molar-refractivity contribution < 1.29 is 14.3 Å². The molecule has 1 aliphatic rings. The van der Waals surface area contributed by atoms with E-state index in [9.17, 15) is 14.7 Å². The first-order valence-electron chi connectivity index (χ1n) is 11.7. The molecular weight excluding hydrogens is 435 g/mol. The Balaban J connectivity index is 1.94. The minimum absolute atomic E-state index is 0.0224. The van der Waals surface area contributed by atoms with Gasteiger partial charge in [0.1, 0.15) is 12.3 Å². The Labute approximate surface area is 198 Å². The monoisotopic (exact) mass is 466 g/mol. The molecule has 1 amide bonds. The summed E-state index contributed by atoms with van der Waals surface area (Å²) in [6.07, 6.45) is 0.681. The lowest BCUT2D eigenvalue weighted by Gasteiger charge is -2.43. The molecule has 0 bridgehead atoms. The third kappa shape index (κ3) is 3.86. The molecule has 1 N–H and O–H groups in total. The summed E-state index contributed by atoms with van der Waals surface area (Å²) in [5.41, 5.74) is 2.98. The molecule has 2 atom stereocenters. The predicted octanol–water partition coefficient (Wildman–Crippen LogP) is 4.23. The van der Waals surface area contributed by atoms with Crippen LogP contribution in [0.25, 0.3) is 5.69 Å². The van der Waals surface area contributed by atoms with Crippen LogP contribution in [0.3, 0.4) is 0 Å². The molecule has 0 spiro atoms. The third-order valence-electron chi connectivity index (χ3n) is 6.86. The summed E-state index contributed by atoms with van der Waals surface area (Å²) in [5, 5.41) is 13.8. The number of carbonyl (C=O) groups is 1. The van der Waals surface area contributed by atoms with Crippen molar-refractivity contribution in [2.24, 2.45) is 5.92 Å². The van der Waals surface area contributed by atoms with Gasteiger partial charge in [0.2, 0.25) is 5.91 Å². The molecule has 2 aromatic carbocycles. The van der Waals surface area contributed by atoms with Gasteiger partial charge in [-0.15, -0.1) is 5.10 Å². The van der Waals surface area contributed by atoms with Crippen molar-refractivity contribution in [1.82, 2.24) is 14.3 Å². The Kier molecular flexibility index (Phi) is 6.45. The van der Waals surface area contributed by atoms with Crippen LogP contribution >= 0.6 is 0 Å². The van der Waals surface area contributed by atoms with Gasteiger partial charge in [-0.1, -0.05) is 38.1 Å². The van der Waals surface area contributed by atoms with Gasteiger partial charge in [0.05, 0.1) is 11.7 Å². The molecule has 2 unspecified atom stereocenters. The van der Waals surface area contributed by atoms with Gasteiger partial charge in [-0.3, -0.25) is 9.36 Å². The number of nitrogens with zero attached hydrogens (tertiary/aromatic N) is 4. The third-order valence-corrected chi connectivity index (χ3v) is 6.86. The molecule has 0 aliphatic carbocycles. The van der Waals surface area contributed by atoms with E-state index < -0.39 is 18.1 Å². The summed E-state index contributed by atoms with van der Waals surface area (Å²) in [7, 11) is 0. The van der Waals surface area contributed by atoms with Crippen LogP contribution in [0.15, 0.2) is 41.2 Å². The Morgan fingerprint density at radius 1 is 1.21 bits per heavy atom. The molecule has 0 radical (unpaired) electrons. The zero-order chi connectivity index (χ0) is 24.7. The summed E-state index contributed by atoms with van der Waals surface area (Å²) in [4.78, 5) is 27.4. The lowest BCUT2D eigenvalue weighted by Crippen LogP contribution is -2.39. The number of aliphatic hydroxyl groups is 1. The number of hydrogen-bond donors (Lipinski definition) is 1. The van der Waals surface area contributed by atoms with E-state index in [0.29, 0.717) is 18.7 Å². The zero-order valence-corrected chi connectivity index (χ0v) is 20.2. The molecular formula is C26H31FN4O3. The van der Waals surface area contributed by atoms with Crippen LogP contribution in [0.2, 0.25) is 0 Å². The standard InChI is InChI=1S/C26H31FN4O3/c1-6-29-25(14-32)28-31(26(29)34)24-12-20-19(15(2)3)11-22(18-10-8-7-9-16(18)4)30(17(5)33)23(20)13-21(24)27/h7-10,12-13,15,19,22,32H,6,11,14H2,1-5H3. The van der Waals surface area contributed by atoms with Crippen molar-refractivity contribution >= 4 is 11.6 Å². The van der Waals surface area contributed by atoms with E-state index in [-0.39, 0.29) is 35.3 Å². The van der Waals surface area contributed by atoms with Gasteiger partial charge in [0.15, 0.2) is 11.6 Å². The van der Waals surface area contributed by atoms with Crippen LogP contribution in [-0.4, -0.2) is 25.4 Å². The van der Waals surface area contributed by atoms with Crippen molar-refractivity contribution in [1.29, 1.82) is 0 Å². The molecule has 7 nitrogen and oxygen atoms in total. The van der Waals surface area contributed by atoms with Crippen molar-refractivity contribution in [3.8, 4) is 5.69 Å². The van der Waals surface area contributed by atoms with E-state index in [1.165, 1.54) is 17.6 Å². The summed E-state index contributed by atoms with van der Waals surface area (Å²) in [5.74, 6) is -0.384. The molecule has 0 saturated heterocycles. The number of aromatic nitrogens is 3. The quantitative estimate of drug-likeness (QED) is 0.610. The number of aryl methyl sites for hydroxylation is 1. The minimum Gasteiger partial charge on any atom is -0.388 e. The summed E-state index contributed by atoms with van der Waals surface area (Å²) < 4.78 is 17.9. The molecule has 0 fully saturated rings. The fraction of sp³-hybridized carbons (Fsp3) is 0.423. The number of rotatable bonds is 5. The van der Waals surface area contributed by atoms with Crippen LogP contribution in [0.1, 0.15) is 68.6 Å². The Morgan fingerprint density at radius 3 is 2.47 bits per heavy atom. The van der Waals surface area contributed by atoms with Crippen LogP contribution in [-0.2, 0) is 17.9 Å². The molecule has 2 heterocycles. The average Bonchev–Trinajstić information content (AvgIpc) is 3.12. The highest BCUT2D eigenvalue weighted by Gasteiger charge is 2.38. The normalized spacial score (nSPS) is 17.8. The number of halogens is 1. The Hall–Kier alpha value is -3.26. The Bertz CT molecular complexity index is 1290. The lowest BCUT2D eigenvalue weighted by molar-refractivity contribution is -0.117. The van der Waals surface area contributed by atoms with Crippen LogP contribution in [0, 0.1) is 18.7 Å². The van der Waals surface area contributed by atoms with E-state index in [4.69, 9.17) is 0 Å². The molecule has 1 aromatic heterocycles. The number of hydrogen-bond acceptors (Lipinski definition) is 4.